The molecule has 2 amide bonds. The smallest absolute Gasteiger partial charge is 0.315 e. The number of aryl methyl sites for hydroxylation is 1. The molecule has 132 valence electrons. The Bertz CT molecular complexity index is 531. The van der Waals surface area contributed by atoms with E-state index < -0.39 is 0 Å². The van der Waals surface area contributed by atoms with Crippen molar-refractivity contribution in [1.29, 1.82) is 0 Å². The molecule has 2 aliphatic rings. The Balaban J connectivity index is 1.40. The summed E-state index contributed by atoms with van der Waals surface area (Å²) in [4.78, 5) is 12.3. The first-order valence-corrected chi connectivity index (χ1v) is 10.1. The normalized spacial score (nSPS) is 27.8. The maximum Gasteiger partial charge on any atom is 0.315 e. The minimum absolute atomic E-state index is 0.0137. The number of carbonyl (C=O) groups excluding carboxylic acids is 1. The van der Waals surface area contributed by atoms with Crippen LogP contribution in [0.2, 0.25) is 0 Å². The van der Waals surface area contributed by atoms with E-state index in [1.165, 1.54) is 11.3 Å². The van der Waals surface area contributed by atoms with Crippen molar-refractivity contribution >= 4 is 17.8 Å². The average Bonchev–Trinajstić information content (AvgIpc) is 3.01. The first-order chi connectivity index (χ1) is 11.7. The molecular weight excluding hydrogens is 320 g/mol. The quantitative estimate of drug-likeness (QED) is 0.858. The molecule has 5 heteroatoms. The highest BCUT2D eigenvalue weighted by Gasteiger charge is 2.40. The Morgan fingerprint density at radius 1 is 1.42 bits per heavy atom. The van der Waals surface area contributed by atoms with E-state index in [-0.39, 0.29) is 23.7 Å². The fraction of sp³-hybridized carbons (Fsp3) is 0.632. The number of hydrogen-bond donors (Lipinski definition) is 2. The van der Waals surface area contributed by atoms with Gasteiger partial charge in [-0.3, -0.25) is 0 Å². The summed E-state index contributed by atoms with van der Waals surface area (Å²) in [5.41, 5.74) is 1.33. The summed E-state index contributed by atoms with van der Waals surface area (Å²) < 4.78 is 6.01. The van der Waals surface area contributed by atoms with E-state index in [4.69, 9.17) is 4.74 Å². The first-order valence-electron chi connectivity index (χ1n) is 8.98. The predicted molar refractivity (Wildman–Crippen MR) is 99.5 cm³/mol. The monoisotopic (exact) mass is 348 g/mol. The third-order valence-electron chi connectivity index (χ3n) is 4.98. The van der Waals surface area contributed by atoms with Crippen LogP contribution in [-0.4, -0.2) is 41.8 Å². The van der Waals surface area contributed by atoms with Crippen LogP contribution in [0.5, 0.6) is 0 Å². The van der Waals surface area contributed by atoms with Gasteiger partial charge < -0.3 is 15.4 Å². The lowest BCUT2D eigenvalue weighted by molar-refractivity contribution is -0.0684. The molecule has 0 aromatic heterocycles. The van der Waals surface area contributed by atoms with Crippen molar-refractivity contribution in [2.45, 2.75) is 56.7 Å². The zero-order chi connectivity index (χ0) is 16.8. The predicted octanol–water partition coefficient (Wildman–Crippen LogP) is 3.36. The highest BCUT2D eigenvalue weighted by molar-refractivity contribution is 7.99. The molecule has 2 fully saturated rings. The van der Waals surface area contributed by atoms with E-state index in [0.717, 1.165) is 44.5 Å². The van der Waals surface area contributed by atoms with Crippen LogP contribution in [0.1, 0.15) is 38.2 Å². The largest absolute Gasteiger partial charge is 0.374 e. The molecule has 0 bridgehead atoms. The topological polar surface area (TPSA) is 50.4 Å². The molecule has 0 radical (unpaired) electrons. The van der Waals surface area contributed by atoms with Gasteiger partial charge in [-0.1, -0.05) is 30.3 Å². The second-order valence-corrected chi connectivity index (χ2v) is 8.17. The minimum atomic E-state index is -0.0386. The number of rotatable bonds is 5. The van der Waals surface area contributed by atoms with Gasteiger partial charge in [-0.2, -0.15) is 11.8 Å². The molecule has 2 N–H and O–H groups in total. The molecule has 0 aliphatic carbocycles. The van der Waals surface area contributed by atoms with Crippen molar-refractivity contribution in [3.63, 3.8) is 0 Å². The third-order valence-corrected chi connectivity index (χ3v) is 6.20. The van der Waals surface area contributed by atoms with Crippen LogP contribution in [0.4, 0.5) is 4.79 Å². The van der Waals surface area contributed by atoms with E-state index in [9.17, 15) is 4.79 Å². The molecule has 1 spiro atoms. The van der Waals surface area contributed by atoms with E-state index >= 15 is 0 Å². The number of thioether (sulfide) groups is 1. The Kier molecular flexibility index (Phi) is 6.06. The highest BCUT2D eigenvalue weighted by atomic mass is 32.2. The molecular formula is C19H28N2O2S. The van der Waals surface area contributed by atoms with Gasteiger partial charge in [0.1, 0.15) is 0 Å². The second-order valence-electron chi connectivity index (χ2n) is 7.07. The van der Waals surface area contributed by atoms with Crippen molar-refractivity contribution in [2.24, 2.45) is 0 Å². The van der Waals surface area contributed by atoms with Gasteiger partial charge in [0, 0.05) is 24.4 Å². The van der Waals surface area contributed by atoms with Gasteiger partial charge in [0.15, 0.2) is 0 Å². The molecule has 24 heavy (non-hydrogen) atoms. The van der Waals surface area contributed by atoms with Crippen LogP contribution in [0, 0.1) is 0 Å². The number of urea groups is 1. The van der Waals surface area contributed by atoms with Gasteiger partial charge in [-0.15, -0.1) is 0 Å². The molecule has 4 nitrogen and oxygen atoms in total. The summed E-state index contributed by atoms with van der Waals surface area (Å²) in [6, 6.07) is 10.8. The van der Waals surface area contributed by atoms with Crippen molar-refractivity contribution in [2.75, 3.05) is 18.1 Å². The van der Waals surface area contributed by atoms with Crippen LogP contribution in [0.15, 0.2) is 30.3 Å². The number of carbonyl (C=O) groups is 1. The molecule has 2 aliphatic heterocycles. The van der Waals surface area contributed by atoms with E-state index in [1.807, 2.05) is 17.8 Å². The Labute approximate surface area is 149 Å². The summed E-state index contributed by atoms with van der Waals surface area (Å²) in [6.07, 6.45) is 4.92. The molecule has 0 saturated carbocycles. The Hall–Kier alpha value is -1.20. The summed E-state index contributed by atoms with van der Waals surface area (Å²) in [7, 11) is 0. The second kappa shape index (κ2) is 8.26. The third kappa shape index (κ3) is 4.90. The van der Waals surface area contributed by atoms with E-state index in [1.54, 1.807) is 0 Å². The Morgan fingerprint density at radius 2 is 2.25 bits per heavy atom. The van der Waals surface area contributed by atoms with Gasteiger partial charge in [0.25, 0.3) is 0 Å². The van der Waals surface area contributed by atoms with Gasteiger partial charge in [0.2, 0.25) is 0 Å². The van der Waals surface area contributed by atoms with Crippen LogP contribution >= 0.6 is 11.8 Å². The van der Waals surface area contributed by atoms with Crippen molar-refractivity contribution in [3.05, 3.63) is 35.9 Å². The van der Waals surface area contributed by atoms with Crippen molar-refractivity contribution in [3.8, 4) is 0 Å². The summed E-state index contributed by atoms with van der Waals surface area (Å²) >= 11 is 1.96. The zero-order valence-electron chi connectivity index (χ0n) is 14.4. The summed E-state index contributed by atoms with van der Waals surface area (Å²) in [6.45, 7) is 2.83. The lowest BCUT2D eigenvalue weighted by atomic mass is 9.90. The van der Waals surface area contributed by atoms with Gasteiger partial charge >= 0.3 is 6.03 Å². The highest BCUT2D eigenvalue weighted by Crippen LogP contribution is 2.38. The van der Waals surface area contributed by atoms with Crippen LogP contribution in [0.25, 0.3) is 0 Å². The minimum Gasteiger partial charge on any atom is -0.374 e. The van der Waals surface area contributed by atoms with Gasteiger partial charge in [-0.05, 0) is 50.3 Å². The average molecular weight is 349 g/mol. The van der Waals surface area contributed by atoms with E-state index in [0.29, 0.717) is 0 Å². The summed E-state index contributed by atoms with van der Waals surface area (Å²) in [5.74, 6) is 2.25. The van der Waals surface area contributed by atoms with Gasteiger partial charge in [0.05, 0.1) is 5.60 Å². The maximum atomic E-state index is 12.3. The lowest BCUT2D eigenvalue weighted by Crippen LogP contribution is -2.52. The number of hydrogen-bond acceptors (Lipinski definition) is 3. The van der Waals surface area contributed by atoms with Crippen LogP contribution < -0.4 is 10.6 Å². The van der Waals surface area contributed by atoms with Gasteiger partial charge in [-0.25, -0.2) is 4.79 Å². The zero-order valence-corrected chi connectivity index (χ0v) is 15.2. The molecule has 2 saturated heterocycles. The molecule has 1 aromatic carbocycles. The molecule has 0 unspecified atom stereocenters. The lowest BCUT2D eigenvalue weighted by Gasteiger charge is -2.38. The maximum absolute atomic E-state index is 12.3. The molecule has 1 aromatic rings. The summed E-state index contributed by atoms with van der Waals surface area (Å²) in [5, 5.41) is 6.24. The van der Waals surface area contributed by atoms with Crippen LogP contribution in [-0.2, 0) is 11.2 Å². The number of ether oxygens (including phenoxy) is 1. The fourth-order valence-corrected chi connectivity index (χ4v) is 4.94. The number of amides is 2. The fourth-order valence-electron chi connectivity index (χ4n) is 3.57. The number of nitrogens with one attached hydrogen (secondary N) is 2. The standard InChI is InChI=1S/C19H28N2O2S/c1-15(7-8-16-5-3-2-4-6-16)20-18(22)21-17-9-11-23-19(13-17)10-12-24-14-19/h2-6,15,17H,7-14H2,1H3,(H2,20,21,22)/t15-,17-,19+/m1/s1. The number of benzene rings is 1. The molecule has 2 heterocycles. The SMILES string of the molecule is C[C@H](CCc1ccccc1)NC(=O)N[C@@H]1CCO[C@@]2(CCSC2)C1. The van der Waals surface area contributed by atoms with E-state index in [2.05, 4.69) is 41.8 Å². The van der Waals surface area contributed by atoms with Crippen LogP contribution in [0.3, 0.4) is 0 Å². The van der Waals surface area contributed by atoms with Crippen molar-refractivity contribution in [1.82, 2.24) is 10.6 Å². The van der Waals surface area contributed by atoms with Crippen molar-refractivity contribution < 1.29 is 9.53 Å². The molecule has 3 atom stereocenters. The first kappa shape index (κ1) is 17.6. The Morgan fingerprint density at radius 3 is 3.00 bits per heavy atom. The molecule has 3 rings (SSSR count).